The van der Waals surface area contributed by atoms with Crippen molar-refractivity contribution in [2.24, 2.45) is 0 Å². The predicted molar refractivity (Wildman–Crippen MR) is 98.9 cm³/mol. The summed E-state index contributed by atoms with van der Waals surface area (Å²) in [5.74, 6) is -0.936. The van der Waals surface area contributed by atoms with Gasteiger partial charge in [-0.2, -0.15) is 13.2 Å². The lowest BCUT2D eigenvalue weighted by Crippen LogP contribution is -2.32. The van der Waals surface area contributed by atoms with Crippen molar-refractivity contribution < 1.29 is 22.8 Å². The Morgan fingerprint density at radius 2 is 1.81 bits per heavy atom. The molecular weight excluding hydrogens is 381 g/mol. The number of hydrogen-bond acceptors (Lipinski definition) is 2. The highest BCUT2D eigenvalue weighted by Crippen LogP contribution is 2.34. The molecule has 0 aliphatic carbocycles. The molecule has 0 aliphatic heterocycles. The zero-order chi connectivity index (χ0) is 20.2. The Bertz CT molecular complexity index is 853. The topological polar surface area (TPSA) is 49.4 Å². The molecule has 2 amide bonds. The molecule has 0 aromatic heterocycles. The molecule has 27 heavy (non-hydrogen) atoms. The summed E-state index contributed by atoms with van der Waals surface area (Å²) in [4.78, 5) is 25.4. The molecule has 0 aliphatic rings. The SMILES string of the molecule is CC(=O)N(CCC(=O)Nc1ccccc1C(F)(F)F)c1ccc(C)c(Cl)c1. The number of nitrogens with one attached hydrogen (secondary N) is 1. The number of alkyl halides is 3. The van der Waals surface area contributed by atoms with Crippen LogP contribution in [0, 0.1) is 6.92 Å². The van der Waals surface area contributed by atoms with Crippen molar-refractivity contribution in [3.05, 3.63) is 58.6 Å². The molecule has 0 saturated carbocycles. The first kappa shape index (κ1) is 20.8. The number of halogens is 4. The standard InChI is InChI=1S/C19H18ClF3N2O2/c1-12-7-8-14(11-16(12)20)25(13(2)26)10-9-18(27)24-17-6-4-3-5-15(17)19(21,22)23/h3-8,11H,9-10H2,1-2H3,(H,24,27). The normalized spacial score (nSPS) is 11.2. The summed E-state index contributed by atoms with van der Waals surface area (Å²) >= 11 is 6.07. The molecule has 8 heteroatoms. The maximum atomic E-state index is 13.0. The van der Waals surface area contributed by atoms with E-state index in [1.54, 1.807) is 18.2 Å². The lowest BCUT2D eigenvalue weighted by molar-refractivity contribution is -0.137. The zero-order valence-electron chi connectivity index (χ0n) is 14.7. The summed E-state index contributed by atoms with van der Waals surface area (Å²) in [6.45, 7) is 3.16. The summed E-state index contributed by atoms with van der Waals surface area (Å²) in [5, 5.41) is 2.73. The molecule has 2 rings (SSSR count). The molecule has 2 aromatic rings. The molecule has 0 atom stereocenters. The number of nitrogens with zero attached hydrogens (tertiary/aromatic N) is 1. The van der Waals surface area contributed by atoms with Crippen molar-refractivity contribution in [3.63, 3.8) is 0 Å². The fourth-order valence-electron chi connectivity index (χ4n) is 2.48. The maximum Gasteiger partial charge on any atom is 0.418 e. The van der Waals surface area contributed by atoms with Gasteiger partial charge in [0, 0.05) is 30.6 Å². The van der Waals surface area contributed by atoms with Crippen LogP contribution in [0.5, 0.6) is 0 Å². The lowest BCUT2D eigenvalue weighted by Gasteiger charge is -2.22. The summed E-state index contributed by atoms with van der Waals surface area (Å²) in [6, 6.07) is 9.77. The molecule has 1 N–H and O–H groups in total. The van der Waals surface area contributed by atoms with Gasteiger partial charge < -0.3 is 10.2 Å². The average molecular weight is 399 g/mol. The van der Waals surface area contributed by atoms with Crippen molar-refractivity contribution in [2.75, 3.05) is 16.8 Å². The fourth-order valence-corrected chi connectivity index (χ4v) is 2.66. The second kappa shape index (κ2) is 8.43. The van der Waals surface area contributed by atoms with E-state index >= 15 is 0 Å². The van der Waals surface area contributed by atoms with Crippen LogP contribution in [0.15, 0.2) is 42.5 Å². The Kier molecular flexibility index (Phi) is 6.49. The van der Waals surface area contributed by atoms with Crippen LogP contribution in [-0.4, -0.2) is 18.4 Å². The second-order valence-corrected chi connectivity index (χ2v) is 6.35. The van der Waals surface area contributed by atoms with Gasteiger partial charge >= 0.3 is 6.18 Å². The third-order valence-electron chi connectivity index (χ3n) is 3.92. The third kappa shape index (κ3) is 5.47. The van der Waals surface area contributed by atoms with E-state index in [9.17, 15) is 22.8 Å². The smallest absolute Gasteiger partial charge is 0.325 e. The third-order valence-corrected chi connectivity index (χ3v) is 4.32. The molecule has 144 valence electrons. The predicted octanol–water partition coefficient (Wildman–Crippen LogP) is 5.05. The lowest BCUT2D eigenvalue weighted by atomic mass is 10.1. The number of carbonyl (C=O) groups excluding carboxylic acids is 2. The van der Waals surface area contributed by atoms with E-state index in [-0.39, 0.29) is 24.6 Å². The largest absolute Gasteiger partial charge is 0.418 e. The highest BCUT2D eigenvalue weighted by Gasteiger charge is 2.33. The Hall–Kier alpha value is -2.54. The van der Waals surface area contributed by atoms with Crippen LogP contribution in [0.1, 0.15) is 24.5 Å². The van der Waals surface area contributed by atoms with Crippen LogP contribution in [0.3, 0.4) is 0 Å². The molecule has 0 fully saturated rings. The first-order valence-electron chi connectivity index (χ1n) is 8.10. The summed E-state index contributed by atoms with van der Waals surface area (Å²) < 4.78 is 39.0. The summed E-state index contributed by atoms with van der Waals surface area (Å²) in [7, 11) is 0. The van der Waals surface area contributed by atoms with Gasteiger partial charge in [0.1, 0.15) is 0 Å². The molecular formula is C19H18ClF3N2O2. The molecule has 4 nitrogen and oxygen atoms in total. The number of anilines is 2. The minimum absolute atomic E-state index is 0.00867. The van der Waals surface area contributed by atoms with Gasteiger partial charge in [0.25, 0.3) is 0 Å². The van der Waals surface area contributed by atoms with E-state index in [2.05, 4.69) is 5.32 Å². The van der Waals surface area contributed by atoms with Gasteiger partial charge in [-0.05, 0) is 36.8 Å². The van der Waals surface area contributed by atoms with E-state index in [1.165, 1.54) is 30.0 Å². The Morgan fingerprint density at radius 3 is 2.41 bits per heavy atom. The number of carbonyl (C=O) groups is 2. The van der Waals surface area contributed by atoms with Crippen molar-refractivity contribution in [2.45, 2.75) is 26.4 Å². The number of para-hydroxylation sites is 1. The van der Waals surface area contributed by atoms with Crippen molar-refractivity contribution in [1.29, 1.82) is 0 Å². The van der Waals surface area contributed by atoms with E-state index in [1.807, 2.05) is 6.92 Å². The maximum absolute atomic E-state index is 13.0. The minimum atomic E-state index is -4.58. The van der Waals surface area contributed by atoms with Crippen LogP contribution < -0.4 is 10.2 Å². The van der Waals surface area contributed by atoms with Crippen molar-refractivity contribution in [1.82, 2.24) is 0 Å². The van der Waals surface area contributed by atoms with Gasteiger partial charge in [0.15, 0.2) is 0 Å². The molecule has 0 spiro atoms. The van der Waals surface area contributed by atoms with Crippen LogP contribution in [0.25, 0.3) is 0 Å². The fraction of sp³-hybridized carbons (Fsp3) is 0.263. The van der Waals surface area contributed by atoms with Crippen LogP contribution >= 0.6 is 11.6 Å². The van der Waals surface area contributed by atoms with Gasteiger partial charge in [-0.1, -0.05) is 29.8 Å². The number of hydrogen-bond donors (Lipinski definition) is 1. The first-order valence-corrected chi connectivity index (χ1v) is 8.47. The van der Waals surface area contributed by atoms with Gasteiger partial charge in [0.05, 0.1) is 11.3 Å². The van der Waals surface area contributed by atoms with E-state index in [4.69, 9.17) is 11.6 Å². The quantitative estimate of drug-likeness (QED) is 0.766. The summed E-state index contributed by atoms with van der Waals surface area (Å²) in [5.41, 5.74) is 0.113. The molecule has 0 bridgehead atoms. The number of rotatable bonds is 5. The van der Waals surface area contributed by atoms with Gasteiger partial charge in [0.2, 0.25) is 11.8 Å². The molecule has 0 heterocycles. The van der Waals surface area contributed by atoms with E-state index in [0.717, 1.165) is 11.6 Å². The van der Waals surface area contributed by atoms with Crippen molar-refractivity contribution in [3.8, 4) is 0 Å². The van der Waals surface area contributed by atoms with E-state index < -0.39 is 17.6 Å². The van der Waals surface area contributed by atoms with Gasteiger partial charge in [-0.15, -0.1) is 0 Å². The van der Waals surface area contributed by atoms with Crippen LogP contribution in [-0.2, 0) is 15.8 Å². The average Bonchev–Trinajstić information content (AvgIpc) is 2.57. The number of aryl methyl sites for hydroxylation is 1. The first-order chi connectivity index (χ1) is 12.6. The zero-order valence-corrected chi connectivity index (χ0v) is 15.5. The second-order valence-electron chi connectivity index (χ2n) is 5.95. The van der Waals surface area contributed by atoms with Crippen LogP contribution in [0.4, 0.5) is 24.5 Å². The Balaban J connectivity index is 2.09. The van der Waals surface area contributed by atoms with Gasteiger partial charge in [-0.3, -0.25) is 9.59 Å². The van der Waals surface area contributed by atoms with Crippen LogP contribution in [0.2, 0.25) is 5.02 Å². The van der Waals surface area contributed by atoms with Gasteiger partial charge in [-0.25, -0.2) is 0 Å². The monoisotopic (exact) mass is 398 g/mol. The molecule has 0 radical (unpaired) electrons. The highest BCUT2D eigenvalue weighted by atomic mass is 35.5. The molecule has 0 unspecified atom stereocenters. The van der Waals surface area contributed by atoms with E-state index in [0.29, 0.717) is 10.7 Å². The molecule has 0 saturated heterocycles. The highest BCUT2D eigenvalue weighted by molar-refractivity contribution is 6.31. The molecule has 2 aromatic carbocycles. The summed E-state index contributed by atoms with van der Waals surface area (Å²) in [6.07, 6.45) is -4.74. The number of amides is 2. The van der Waals surface area contributed by atoms with Crippen molar-refractivity contribution >= 4 is 34.8 Å². The Labute approximate surface area is 159 Å². The number of benzene rings is 2. The Morgan fingerprint density at radius 1 is 1.15 bits per heavy atom. The minimum Gasteiger partial charge on any atom is -0.325 e.